The Bertz CT molecular complexity index is 670. The van der Waals surface area contributed by atoms with Crippen LogP contribution in [0, 0.1) is 0 Å². The molecule has 1 atom stereocenters. The van der Waals surface area contributed by atoms with Gasteiger partial charge in [-0.2, -0.15) is 0 Å². The third kappa shape index (κ3) is 1.81. The van der Waals surface area contributed by atoms with Crippen molar-refractivity contribution in [2.24, 2.45) is 0 Å². The molecule has 2 aromatic carbocycles. The SMILES string of the molecule is CC(c1ccccc1)n1ccc2c(Cl)cccc21. The van der Waals surface area contributed by atoms with Crippen molar-refractivity contribution >= 4 is 22.5 Å². The van der Waals surface area contributed by atoms with E-state index in [-0.39, 0.29) is 0 Å². The van der Waals surface area contributed by atoms with Gasteiger partial charge >= 0.3 is 0 Å². The van der Waals surface area contributed by atoms with Crippen LogP contribution in [-0.2, 0) is 0 Å². The molecule has 3 aromatic rings. The predicted octanol–water partition coefficient (Wildman–Crippen LogP) is 4.90. The van der Waals surface area contributed by atoms with E-state index in [0.29, 0.717) is 6.04 Å². The summed E-state index contributed by atoms with van der Waals surface area (Å²) in [6, 6.07) is 18.9. The molecule has 1 unspecified atom stereocenters. The van der Waals surface area contributed by atoms with E-state index in [1.165, 1.54) is 11.1 Å². The highest BCUT2D eigenvalue weighted by molar-refractivity contribution is 6.35. The lowest BCUT2D eigenvalue weighted by Crippen LogP contribution is -2.04. The fourth-order valence-corrected chi connectivity index (χ4v) is 2.61. The summed E-state index contributed by atoms with van der Waals surface area (Å²) in [4.78, 5) is 0. The molecule has 0 bridgehead atoms. The minimum absolute atomic E-state index is 0.308. The Labute approximate surface area is 112 Å². The largest absolute Gasteiger partial charge is 0.340 e. The molecule has 0 aliphatic carbocycles. The van der Waals surface area contributed by atoms with E-state index in [9.17, 15) is 0 Å². The smallest absolute Gasteiger partial charge is 0.0557 e. The number of halogens is 1. The van der Waals surface area contributed by atoms with Crippen LogP contribution in [0.25, 0.3) is 10.9 Å². The molecule has 0 aliphatic heterocycles. The highest BCUT2D eigenvalue weighted by atomic mass is 35.5. The number of benzene rings is 2. The van der Waals surface area contributed by atoms with Gasteiger partial charge in [0.1, 0.15) is 0 Å². The van der Waals surface area contributed by atoms with Crippen molar-refractivity contribution < 1.29 is 0 Å². The molecule has 0 radical (unpaired) electrons. The first-order chi connectivity index (χ1) is 8.77. The van der Waals surface area contributed by atoms with Crippen molar-refractivity contribution in [1.82, 2.24) is 4.57 Å². The summed E-state index contributed by atoms with van der Waals surface area (Å²) in [6.45, 7) is 2.20. The van der Waals surface area contributed by atoms with Crippen LogP contribution in [0.1, 0.15) is 18.5 Å². The normalized spacial score (nSPS) is 12.8. The lowest BCUT2D eigenvalue weighted by atomic mass is 10.1. The van der Waals surface area contributed by atoms with Crippen LogP contribution in [-0.4, -0.2) is 4.57 Å². The minimum atomic E-state index is 0.308. The van der Waals surface area contributed by atoms with Gasteiger partial charge in [0, 0.05) is 16.6 Å². The van der Waals surface area contributed by atoms with Crippen LogP contribution in [0.3, 0.4) is 0 Å². The van der Waals surface area contributed by atoms with Gasteiger partial charge in [0.05, 0.1) is 11.6 Å². The van der Waals surface area contributed by atoms with E-state index in [1.807, 2.05) is 18.2 Å². The zero-order valence-corrected chi connectivity index (χ0v) is 10.9. The van der Waals surface area contributed by atoms with Crippen LogP contribution >= 0.6 is 11.6 Å². The van der Waals surface area contributed by atoms with Gasteiger partial charge < -0.3 is 4.57 Å². The minimum Gasteiger partial charge on any atom is -0.340 e. The standard InChI is InChI=1S/C16H14ClN/c1-12(13-6-3-2-4-7-13)18-11-10-14-15(17)8-5-9-16(14)18/h2-12H,1H3. The van der Waals surface area contributed by atoms with Gasteiger partial charge in [-0.3, -0.25) is 0 Å². The van der Waals surface area contributed by atoms with Crippen LogP contribution in [0.5, 0.6) is 0 Å². The predicted molar refractivity (Wildman–Crippen MR) is 77.2 cm³/mol. The second-order valence-electron chi connectivity index (χ2n) is 4.48. The average Bonchev–Trinajstić information content (AvgIpc) is 2.84. The third-order valence-electron chi connectivity index (χ3n) is 3.41. The van der Waals surface area contributed by atoms with Gasteiger partial charge in [-0.1, -0.05) is 48.0 Å². The first-order valence-corrected chi connectivity index (χ1v) is 6.45. The number of fused-ring (bicyclic) bond motifs is 1. The number of hydrogen-bond acceptors (Lipinski definition) is 0. The topological polar surface area (TPSA) is 4.93 Å². The average molecular weight is 256 g/mol. The van der Waals surface area contributed by atoms with E-state index in [2.05, 4.69) is 54.1 Å². The summed E-state index contributed by atoms with van der Waals surface area (Å²) in [5, 5.41) is 1.92. The van der Waals surface area contributed by atoms with E-state index in [1.54, 1.807) is 0 Å². The van der Waals surface area contributed by atoms with E-state index < -0.39 is 0 Å². The quantitative estimate of drug-likeness (QED) is 0.614. The molecule has 18 heavy (non-hydrogen) atoms. The molecule has 1 heterocycles. The van der Waals surface area contributed by atoms with Gasteiger partial charge in [-0.15, -0.1) is 0 Å². The van der Waals surface area contributed by atoms with Gasteiger partial charge in [-0.05, 0) is 30.7 Å². The van der Waals surface area contributed by atoms with E-state index in [4.69, 9.17) is 11.6 Å². The van der Waals surface area contributed by atoms with Gasteiger partial charge in [0.15, 0.2) is 0 Å². The Balaban J connectivity index is 2.13. The number of rotatable bonds is 2. The number of aromatic nitrogens is 1. The molecule has 0 amide bonds. The van der Waals surface area contributed by atoms with Crippen LogP contribution in [0.15, 0.2) is 60.8 Å². The fourth-order valence-electron chi connectivity index (χ4n) is 2.38. The monoisotopic (exact) mass is 255 g/mol. The molecule has 90 valence electrons. The summed E-state index contributed by atoms with van der Waals surface area (Å²) in [5.41, 5.74) is 2.48. The Morgan fingerprint density at radius 2 is 1.72 bits per heavy atom. The Morgan fingerprint density at radius 1 is 0.944 bits per heavy atom. The molecule has 0 spiro atoms. The molecule has 0 fully saturated rings. The Kier molecular flexibility index (Phi) is 2.85. The molecular formula is C16H14ClN. The Hall–Kier alpha value is -1.73. The van der Waals surface area contributed by atoms with Crippen molar-refractivity contribution in [3.63, 3.8) is 0 Å². The molecule has 3 rings (SSSR count). The second-order valence-corrected chi connectivity index (χ2v) is 4.89. The summed E-state index contributed by atoms with van der Waals surface area (Å²) in [7, 11) is 0. The molecule has 1 nitrogen and oxygen atoms in total. The van der Waals surface area contributed by atoms with Crippen molar-refractivity contribution in [3.8, 4) is 0 Å². The van der Waals surface area contributed by atoms with E-state index in [0.717, 1.165) is 10.4 Å². The molecule has 0 aliphatic rings. The maximum absolute atomic E-state index is 6.21. The first-order valence-electron chi connectivity index (χ1n) is 6.07. The van der Waals surface area contributed by atoms with Crippen molar-refractivity contribution in [2.75, 3.05) is 0 Å². The highest BCUT2D eigenvalue weighted by Gasteiger charge is 2.11. The maximum atomic E-state index is 6.21. The maximum Gasteiger partial charge on any atom is 0.0557 e. The molecular weight excluding hydrogens is 242 g/mol. The molecule has 0 saturated heterocycles. The molecule has 2 heteroatoms. The highest BCUT2D eigenvalue weighted by Crippen LogP contribution is 2.28. The van der Waals surface area contributed by atoms with Crippen molar-refractivity contribution in [2.45, 2.75) is 13.0 Å². The molecule has 1 aromatic heterocycles. The lowest BCUT2D eigenvalue weighted by Gasteiger charge is -2.15. The lowest BCUT2D eigenvalue weighted by molar-refractivity contribution is 0.664. The van der Waals surface area contributed by atoms with Crippen molar-refractivity contribution in [1.29, 1.82) is 0 Å². The third-order valence-corrected chi connectivity index (χ3v) is 3.74. The Morgan fingerprint density at radius 3 is 2.50 bits per heavy atom. The summed E-state index contributed by atoms with van der Waals surface area (Å²) >= 11 is 6.21. The first kappa shape index (κ1) is 11.4. The summed E-state index contributed by atoms with van der Waals surface area (Å²) < 4.78 is 2.26. The van der Waals surface area contributed by atoms with E-state index >= 15 is 0 Å². The fraction of sp³-hybridized carbons (Fsp3) is 0.125. The van der Waals surface area contributed by atoms with Crippen molar-refractivity contribution in [3.05, 3.63) is 71.4 Å². The second kappa shape index (κ2) is 4.51. The van der Waals surface area contributed by atoms with Gasteiger partial charge in [0.2, 0.25) is 0 Å². The zero-order valence-electron chi connectivity index (χ0n) is 10.2. The van der Waals surface area contributed by atoms with Crippen LogP contribution in [0.2, 0.25) is 5.02 Å². The number of nitrogens with zero attached hydrogens (tertiary/aromatic N) is 1. The zero-order chi connectivity index (χ0) is 12.5. The van der Waals surface area contributed by atoms with Crippen LogP contribution in [0.4, 0.5) is 0 Å². The van der Waals surface area contributed by atoms with Gasteiger partial charge in [0.25, 0.3) is 0 Å². The summed E-state index contributed by atoms with van der Waals surface area (Å²) in [5.74, 6) is 0. The summed E-state index contributed by atoms with van der Waals surface area (Å²) in [6.07, 6.45) is 2.11. The number of hydrogen-bond donors (Lipinski definition) is 0. The molecule has 0 N–H and O–H groups in total. The van der Waals surface area contributed by atoms with Gasteiger partial charge in [-0.25, -0.2) is 0 Å². The van der Waals surface area contributed by atoms with Crippen LogP contribution < -0.4 is 0 Å². The molecule has 0 saturated carbocycles.